The van der Waals surface area contributed by atoms with Crippen LogP contribution in [0.1, 0.15) is 18.4 Å². The Morgan fingerprint density at radius 2 is 2.00 bits per heavy atom. The van der Waals surface area contributed by atoms with Crippen LogP contribution in [0.15, 0.2) is 29.2 Å². The molecule has 0 heterocycles. The molecule has 0 unspecified atom stereocenters. The minimum Gasteiger partial charge on any atom is -0.370 e. The fourth-order valence-corrected chi connectivity index (χ4v) is 2.81. The predicted molar refractivity (Wildman–Crippen MR) is 80.1 cm³/mol. The summed E-state index contributed by atoms with van der Waals surface area (Å²) in [4.78, 5) is 11.0. The highest BCUT2D eigenvalue weighted by molar-refractivity contribution is 7.89. The van der Waals surface area contributed by atoms with Crippen LogP contribution in [-0.4, -0.2) is 33.3 Å². The van der Waals surface area contributed by atoms with Gasteiger partial charge in [0.1, 0.15) is 0 Å². The van der Waals surface area contributed by atoms with Crippen LogP contribution in [0, 0.1) is 12.3 Å². The molecule has 0 aliphatic rings. The average Bonchev–Trinajstić information content (AvgIpc) is 2.42. The Hall–Kier alpha value is -1.93. The molecule has 115 valence electrons. The zero-order chi connectivity index (χ0) is 15.9. The summed E-state index contributed by atoms with van der Waals surface area (Å²) in [5.74, 6) is -0.165. The number of aryl methyl sites for hydroxylation is 1. The lowest BCUT2D eigenvalue weighted by molar-refractivity contribution is 0.512. The Kier molecular flexibility index (Phi) is 6.32. The maximum atomic E-state index is 12.1. The summed E-state index contributed by atoms with van der Waals surface area (Å²) in [5, 5.41) is 9.56. The lowest BCUT2D eigenvalue weighted by Gasteiger charge is -2.13. The number of nitrogens with one attached hydrogen (secondary N) is 3. The molecule has 0 amide bonds. The van der Waals surface area contributed by atoms with E-state index in [0.717, 1.165) is 5.56 Å². The van der Waals surface area contributed by atoms with Gasteiger partial charge in [0.15, 0.2) is 5.96 Å². The van der Waals surface area contributed by atoms with Gasteiger partial charge < -0.3 is 11.1 Å². The predicted octanol–water partition coefficient (Wildman–Crippen LogP) is 0.0149. The van der Waals surface area contributed by atoms with E-state index in [4.69, 9.17) is 11.1 Å². The SMILES string of the molecule is Cc1ccc(S(=O)(=O)N[C@H]([C]=O)CCCNC(=N)N)cc1. The number of nitrogens with two attached hydrogens (primary N) is 1. The Morgan fingerprint density at radius 1 is 1.38 bits per heavy atom. The largest absolute Gasteiger partial charge is 0.370 e. The Balaban J connectivity index is 2.60. The molecule has 0 fully saturated rings. The van der Waals surface area contributed by atoms with E-state index in [-0.39, 0.29) is 17.3 Å². The van der Waals surface area contributed by atoms with E-state index in [1.807, 2.05) is 6.92 Å². The van der Waals surface area contributed by atoms with Gasteiger partial charge in [-0.1, -0.05) is 17.7 Å². The minimum atomic E-state index is -3.74. The van der Waals surface area contributed by atoms with Gasteiger partial charge in [0.2, 0.25) is 16.3 Å². The normalized spacial score (nSPS) is 12.6. The molecule has 1 aromatic carbocycles. The van der Waals surface area contributed by atoms with Crippen molar-refractivity contribution in [3.05, 3.63) is 29.8 Å². The van der Waals surface area contributed by atoms with Crippen molar-refractivity contribution in [3.63, 3.8) is 0 Å². The molecule has 0 spiro atoms. The molecule has 0 saturated carbocycles. The van der Waals surface area contributed by atoms with Crippen LogP contribution in [0.4, 0.5) is 0 Å². The van der Waals surface area contributed by atoms with Crippen LogP contribution in [-0.2, 0) is 14.8 Å². The van der Waals surface area contributed by atoms with Gasteiger partial charge in [0, 0.05) is 6.54 Å². The van der Waals surface area contributed by atoms with Gasteiger partial charge in [0.05, 0.1) is 10.9 Å². The van der Waals surface area contributed by atoms with Crippen LogP contribution >= 0.6 is 0 Å². The van der Waals surface area contributed by atoms with E-state index in [2.05, 4.69) is 10.0 Å². The lowest BCUT2D eigenvalue weighted by Crippen LogP contribution is -2.37. The molecule has 0 saturated heterocycles. The van der Waals surface area contributed by atoms with Crippen LogP contribution < -0.4 is 15.8 Å². The molecule has 1 aromatic rings. The van der Waals surface area contributed by atoms with Crippen molar-refractivity contribution < 1.29 is 13.2 Å². The highest BCUT2D eigenvalue weighted by atomic mass is 32.2. The topological polar surface area (TPSA) is 125 Å². The van der Waals surface area contributed by atoms with Gasteiger partial charge in [-0.15, -0.1) is 0 Å². The van der Waals surface area contributed by atoms with Crippen molar-refractivity contribution in [3.8, 4) is 0 Å². The molecule has 21 heavy (non-hydrogen) atoms. The standard InChI is InChI=1S/C13H19N4O3S/c1-10-4-6-12(7-5-10)21(19,20)17-11(9-18)3-2-8-16-13(14)15/h4-7,11,17H,2-3,8H2,1H3,(H4,14,15,16)/t11-/m0/s1. The number of sulfonamides is 1. The molecule has 8 heteroatoms. The maximum absolute atomic E-state index is 12.1. The monoisotopic (exact) mass is 311 g/mol. The zero-order valence-corrected chi connectivity index (χ0v) is 12.5. The van der Waals surface area contributed by atoms with Gasteiger partial charge in [-0.05, 0) is 31.9 Å². The first-order chi connectivity index (χ1) is 9.85. The van der Waals surface area contributed by atoms with E-state index in [1.165, 1.54) is 12.1 Å². The maximum Gasteiger partial charge on any atom is 0.241 e. The van der Waals surface area contributed by atoms with Crippen molar-refractivity contribution in [2.24, 2.45) is 5.73 Å². The first kappa shape index (κ1) is 17.1. The fraction of sp³-hybridized carbons (Fsp3) is 0.385. The number of hydrogen-bond acceptors (Lipinski definition) is 4. The third kappa shape index (κ3) is 5.92. The number of benzene rings is 1. The van der Waals surface area contributed by atoms with Gasteiger partial charge in [-0.3, -0.25) is 10.2 Å². The van der Waals surface area contributed by atoms with Gasteiger partial charge >= 0.3 is 0 Å². The minimum absolute atomic E-state index is 0.107. The molecule has 1 radical (unpaired) electrons. The molecular formula is C13H19N4O3S. The van der Waals surface area contributed by atoms with Crippen molar-refractivity contribution in [2.75, 3.05) is 6.54 Å². The van der Waals surface area contributed by atoms with Crippen LogP contribution in [0.25, 0.3) is 0 Å². The second-order valence-corrected chi connectivity index (χ2v) is 6.30. The second-order valence-electron chi connectivity index (χ2n) is 4.59. The highest BCUT2D eigenvalue weighted by Gasteiger charge is 2.19. The third-order valence-electron chi connectivity index (χ3n) is 2.76. The summed E-state index contributed by atoms with van der Waals surface area (Å²) in [5.41, 5.74) is 6.06. The number of carbonyl (C=O) groups excluding carboxylic acids is 1. The third-order valence-corrected chi connectivity index (χ3v) is 4.24. The molecule has 0 aliphatic heterocycles. The number of rotatable bonds is 8. The molecule has 1 atom stereocenters. The van der Waals surface area contributed by atoms with E-state index in [1.54, 1.807) is 18.4 Å². The molecule has 5 N–H and O–H groups in total. The van der Waals surface area contributed by atoms with E-state index < -0.39 is 16.1 Å². The Bertz CT molecular complexity index is 584. The summed E-state index contributed by atoms with van der Waals surface area (Å²) >= 11 is 0. The summed E-state index contributed by atoms with van der Waals surface area (Å²) in [6.45, 7) is 2.24. The van der Waals surface area contributed by atoms with E-state index in [9.17, 15) is 13.2 Å². The van der Waals surface area contributed by atoms with Gasteiger partial charge in [-0.25, -0.2) is 13.1 Å². The van der Waals surface area contributed by atoms with Crippen LogP contribution in [0.3, 0.4) is 0 Å². The number of hydrogen-bond donors (Lipinski definition) is 4. The van der Waals surface area contributed by atoms with Crippen molar-refractivity contribution >= 4 is 22.3 Å². The molecule has 1 rings (SSSR count). The van der Waals surface area contributed by atoms with Crippen molar-refractivity contribution in [2.45, 2.75) is 30.7 Å². The Morgan fingerprint density at radius 3 is 2.52 bits per heavy atom. The summed E-state index contributed by atoms with van der Waals surface area (Å²) in [6, 6.07) is 5.41. The second kappa shape index (κ2) is 7.75. The average molecular weight is 311 g/mol. The molecule has 0 bridgehead atoms. The molecule has 7 nitrogen and oxygen atoms in total. The van der Waals surface area contributed by atoms with Crippen LogP contribution in [0.2, 0.25) is 0 Å². The summed E-state index contributed by atoms with van der Waals surface area (Å²) < 4.78 is 26.5. The van der Waals surface area contributed by atoms with E-state index in [0.29, 0.717) is 13.0 Å². The summed E-state index contributed by atoms with van der Waals surface area (Å²) in [7, 11) is -3.74. The quantitative estimate of drug-likeness (QED) is 0.306. The molecular weight excluding hydrogens is 292 g/mol. The Labute approximate surface area is 124 Å². The van der Waals surface area contributed by atoms with Crippen molar-refractivity contribution in [1.82, 2.24) is 10.0 Å². The van der Waals surface area contributed by atoms with E-state index >= 15 is 0 Å². The lowest BCUT2D eigenvalue weighted by atomic mass is 10.2. The van der Waals surface area contributed by atoms with Gasteiger partial charge in [0.25, 0.3) is 0 Å². The van der Waals surface area contributed by atoms with Gasteiger partial charge in [-0.2, -0.15) is 0 Å². The number of guanidine groups is 1. The molecule has 0 aliphatic carbocycles. The highest BCUT2D eigenvalue weighted by Crippen LogP contribution is 2.11. The summed E-state index contributed by atoms with van der Waals surface area (Å²) in [6.07, 6.45) is 2.43. The first-order valence-electron chi connectivity index (χ1n) is 6.39. The smallest absolute Gasteiger partial charge is 0.241 e. The van der Waals surface area contributed by atoms with Crippen LogP contribution in [0.5, 0.6) is 0 Å². The first-order valence-corrected chi connectivity index (χ1v) is 7.88. The van der Waals surface area contributed by atoms with Crippen molar-refractivity contribution in [1.29, 1.82) is 5.41 Å². The molecule has 0 aromatic heterocycles. The fourth-order valence-electron chi connectivity index (χ4n) is 1.64. The zero-order valence-electron chi connectivity index (χ0n) is 11.7.